The normalized spacial score (nSPS) is 14.9. The van der Waals surface area contributed by atoms with Crippen molar-refractivity contribution in [2.24, 2.45) is 0 Å². The van der Waals surface area contributed by atoms with Crippen LogP contribution in [0.15, 0.2) is 24.3 Å². The van der Waals surface area contributed by atoms with E-state index in [4.69, 9.17) is 9.47 Å². The first-order chi connectivity index (χ1) is 16.5. The van der Waals surface area contributed by atoms with E-state index in [0.717, 1.165) is 5.82 Å². The smallest absolute Gasteiger partial charge is 0.248 e. The predicted molar refractivity (Wildman–Crippen MR) is 121 cm³/mol. The summed E-state index contributed by atoms with van der Waals surface area (Å²) in [5, 5.41) is 15.9. The average Bonchev–Trinajstić information content (AvgIpc) is 3.45. The fourth-order valence-electron chi connectivity index (χ4n) is 3.92. The standard InChI is InChI=1S/C22H29FN8O3/c1-15(34-18-7-5-4-6-17(18)23)21-27-28-22(31(21)9-8-19-24-16(2)25-26-19)30-12-10-29(11-13-30)20(32)14-33-3/h4-7,15H,8-14H2,1-3H3,(H,24,25,26). The minimum Gasteiger partial charge on any atom is -0.480 e. The van der Waals surface area contributed by atoms with Gasteiger partial charge < -0.3 is 19.3 Å². The maximum atomic E-state index is 14.2. The Hall–Kier alpha value is -3.54. The Kier molecular flexibility index (Phi) is 7.36. The van der Waals surface area contributed by atoms with Gasteiger partial charge >= 0.3 is 0 Å². The Labute approximate surface area is 196 Å². The van der Waals surface area contributed by atoms with Crippen LogP contribution < -0.4 is 9.64 Å². The summed E-state index contributed by atoms with van der Waals surface area (Å²) in [4.78, 5) is 20.4. The highest BCUT2D eigenvalue weighted by Gasteiger charge is 2.27. The first-order valence-electron chi connectivity index (χ1n) is 11.2. The number of benzene rings is 1. The highest BCUT2D eigenvalue weighted by atomic mass is 19.1. The summed E-state index contributed by atoms with van der Waals surface area (Å²) in [5.74, 6) is 2.35. The Morgan fingerprint density at radius 1 is 1.21 bits per heavy atom. The number of methoxy groups -OCH3 is 1. The van der Waals surface area contributed by atoms with Crippen molar-refractivity contribution in [1.82, 2.24) is 34.8 Å². The molecule has 0 saturated carbocycles. The van der Waals surface area contributed by atoms with E-state index in [1.54, 1.807) is 23.1 Å². The van der Waals surface area contributed by atoms with E-state index in [0.29, 0.717) is 56.7 Å². The lowest BCUT2D eigenvalue weighted by Crippen LogP contribution is -2.50. The minimum atomic E-state index is -0.545. The molecule has 3 aromatic rings. The molecule has 0 radical (unpaired) electrons. The Bertz CT molecular complexity index is 1110. The van der Waals surface area contributed by atoms with Crippen LogP contribution in [-0.4, -0.2) is 80.6 Å². The van der Waals surface area contributed by atoms with Crippen LogP contribution in [0.1, 0.15) is 30.5 Å². The van der Waals surface area contributed by atoms with E-state index in [2.05, 4.69) is 30.3 Å². The first-order valence-corrected chi connectivity index (χ1v) is 11.2. The van der Waals surface area contributed by atoms with Crippen molar-refractivity contribution < 1.29 is 18.7 Å². The molecule has 3 heterocycles. The number of carbonyl (C=O) groups excluding carboxylic acids is 1. The van der Waals surface area contributed by atoms with Crippen molar-refractivity contribution in [3.8, 4) is 5.75 Å². The van der Waals surface area contributed by atoms with Crippen LogP contribution in [0.4, 0.5) is 10.3 Å². The van der Waals surface area contributed by atoms with Gasteiger partial charge in [-0.05, 0) is 26.0 Å². The average molecular weight is 473 g/mol. The van der Waals surface area contributed by atoms with E-state index in [-0.39, 0.29) is 18.3 Å². The molecule has 2 aromatic heterocycles. The molecule has 11 nitrogen and oxygen atoms in total. The predicted octanol–water partition coefficient (Wildman–Crippen LogP) is 1.52. The second kappa shape index (κ2) is 10.6. The van der Waals surface area contributed by atoms with Gasteiger partial charge in [0.05, 0.1) is 0 Å². The van der Waals surface area contributed by atoms with Crippen molar-refractivity contribution in [1.29, 1.82) is 0 Å². The molecule has 1 atom stereocenters. The minimum absolute atomic E-state index is 0.0313. The fourth-order valence-corrected chi connectivity index (χ4v) is 3.92. The van der Waals surface area contributed by atoms with E-state index in [1.807, 2.05) is 18.4 Å². The molecule has 182 valence electrons. The third-order valence-corrected chi connectivity index (χ3v) is 5.65. The van der Waals surface area contributed by atoms with Gasteiger partial charge in [0.1, 0.15) is 12.4 Å². The number of nitrogens with zero attached hydrogens (tertiary/aromatic N) is 7. The fraction of sp³-hybridized carbons (Fsp3) is 0.500. The molecule has 0 aliphatic carbocycles. The summed E-state index contributed by atoms with van der Waals surface area (Å²) in [6, 6.07) is 6.27. The number of hydrogen-bond donors (Lipinski definition) is 1. The van der Waals surface area contributed by atoms with E-state index in [9.17, 15) is 9.18 Å². The maximum Gasteiger partial charge on any atom is 0.248 e. The number of amides is 1. The summed E-state index contributed by atoms with van der Waals surface area (Å²) >= 11 is 0. The number of aryl methyl sites for hydroxylation is 2. The highest BCUT2D eigenvalue weighted by Crippen LogP contribution is 2.26. The molecule has 1 saturated heterocycles. The van der Waals surface area contributed by atoms with Crippen molar-refractivity contribution in [2.45, 2.75) is 32.9 Å². The summed E-state index contributed by atoms with van der Waals surface area (Å²) in [6.45, 7) is 6.59. The third kappa shape index (κ3) is 5.33. The van der Waals surface area contributed by atoms with E-state index < -0.39 is 11.9 Å². The van der Waals surface area contributed by atoms with Crippen molar-refractivity contribution >= 4 is 11.9 Å². The number of ether oxygens (including phenoxy) is 2. The Morgan fingerprint density at radius 2 is 1.97 bits per heavy atom. The van der Waals surface area contributed by atoms with E-state index in [1.165, 1.54) is 13.2 Å². The first kappa shape index (κ1) is 23.6. The number of piperazine rings is 1. The van der Waals surface area contributed by atoms with Crippen molar-refractivity contribution in [3.05, 3.63) is 47.6 Å². The number of anilines is 1. The second-order valence-corrected chi connectivity index (χ2v) is 8.09. The molecule has 12 heteroatoms. The molecule has 4 rings (SSSR count). The molecular weight excluding hydrogens is 443 g/mol. The number of halogens is 1. The van der Waals surface area contributed by atoms with Crippen LogP contribution in [0, 0.1) is 12.7 Å². The lowest BCUT2D eigenvalue weighted by Gasteiger charge is -2.35. The van der Waals surface area contributed by atoms with Gasteiger partial charge in [-0.2, -0.15) is 5.10 Å². The maximum absolute atomic E-state index is 14.2. The SMILES string of the molecule is COCC(=O)N1CCN(c2nnc(C(C)Oc3ccccc3F)n2CCc2n[nH]c(C)n2)CC1. The second-order valence-electron chi connectivity index (χ2n) is 8.09. The highest BCUT2D eigenvalue weighted by molar-refractivity contribution is 5.77. The molecule has 1 aliphatic rings. The molecule has 1 fully saturated rings. The molecule has 34 heavy (non-hydrogen) atoms. The topological polar surface area (TPSA) is 114 Å². The number of para-hydroxylation sites is 1. The summed E-state index contributed by atoms with van der Waals surface area (Å²) in [6.07, 6.45) is 0.0118. The number of aromatic nitrogens is 6. The van der Waals surface area contributed by atoms with Gasteiger partial charge in [0.2, 0.25) is 11.9 Å². The van der Waals surface area contributed by atoms with Crippen LogP contribution in [-0.2, 0) is 22.5 Å². The Balaban J connectivity index is 1.54. The van der Waals surface area contributed by atoms with E-state index >= 15 is 0 Å². The quantitative estimate of drug-likeness (QED) is 0.499. The van der Waals surface area contributed by atoms with Gasteiger partial charge in [-0.1, -0.05) is 12.1 Å². The largest absolute Gasteiger partial charge is 0.480 e. The van der Waals surface area contributed by atoms with Crippen LogP contribution in [0.25, 0.3) is 0 Å². The molecule has 1 amide bonds. The summed E-state index contributed by atoms with van der Waals surface area (Å²) in [7, 11) is 1.51. The number of rotatable bonds is 9. The zero-order chi connectivity index (χ0) is 24.1. The van der Waals surface area contributed by atoms with Crippen LogP contribution in [0.2, 0.25) is 0 Å². The zero-order valence-electron chi connectivity index (χ0n) is 19.6. The van der Waals surface area contributed by atoms with Crippen LogP contribution in [0.3, 0.4) is 0 Å². The lowest BCUT2D eigenvalue weighted by atomic mass is 10.3. The monoisotopic (exact) mass is 472 g/mol. The molecule has 1 N–H and O–H groups in total. The molecule has 1 aliphatic heterocycles. The van der Waals surface area contributed by atoms with Crippen LogP contribution in [0.5, 0.6) is 5.75 Å². The molecule has 1 unspecified atom stereocenters. The molecular formula is C22H29FN8O3. The van der Waals surface area contributed by atoms with Gasteiger partial charge in [0.15, 0.2) is 29.3 Å². The zero-order valence-corrected chi connectivity index (χ0v) is 19.6. The number of nitrogens with one attached hydrogen (secondary N) is 1. The van der Waals surface area contributed by atoms with Gasteiger partial charge in [-0.15, -0.1) is 10.2 Å². The van der Waals surface area contributed by atoms with Crippen molar-refractivity contribution in [3.63, 3.8) is 0 Å². The van der Waals surface area contributed by atoms with Gasteiger partial charge in [0, 0.05) is 46.3 Å². The number of aromatic amines is 1. The van der Waals surface area contributed by atoms with Gasteiger partial charge in [-0.3, -0.25) is 14.5 Å². The number of H-pyrrole nitrogens is 1. The Morgan fingerprint density at radius 3 is 2.65 bits per heavy atom. The van der Waals surface area contributed by atoms with Gasteiger partial charge in [-0.25, -0.2) is 9.37 Å². The summed E-state index contributed by atoms with van der Waals surface area (Å²) < 4.78 is 27.0. The lowest BCUT2D eigenvalue weighted by molar-refractivity contribution is -0.135. The number of hydrogen-bond acceptors (Lipinski definition) is 8. The van der Waals surface area contributed by atoms with Crippen LogP contribution >= 0.6 is 0 Å². The number of carbonyl (C=O) groups is 1. The van der Waals surface area contributed by atoms with Crippen molar-refractivity contribution in [2.75, 3.05) is 44.8 Å². The molecule has 0 bridgehead atoms. The van der Waals surface area contributed by atoms with Gasteiger partial charge in [0.25, 0.3) is 0 Å². The third-order valence-electron chi connectivity index (χ3n) is 5.65. The molecule has 0 spiro atoms. The summed E-state index contributed by atoms with van der Waals surface area (Å²) in [5.41, 5.74) is 0. The molecule has 1 aromatic carbocycles.